The summed E-state index contributed by atoms with van der Waals surface area (Å²) >= 11 is 0. The van der Waals surface area contributed by atoms with Crippen LogP contribution < -0.4 is 23.7 Å². The highest BCUT2D eigenvalue weighted by molar-refractivity contribution is 5.79. The molecular formula is C33H38O17. The number of esters is 1. The fraction of sp³-hybridized carbons (Fsp3) is 0.576. The van der Waals surface area contributed by atoms with Gasteiger partial charge in [0.2, 0.25) is 12.5 Å². The van der Waals surface area contributed by atoms with Gasteiger partial charge >= 0.3 is 12.1 Å². The molecule has 2 aromatic carbocycles. The van der Waals surface area contributed by atoms with Gasteiger partial charge in [-0.2, -0.15) is 0 Å². The van der Waals surface area contributed by atoms with Crippen molar-refractivity contribution in [1.29, 1.82) is 0 Å². The predicted molar refractivity (Wildman–Crippen MR) is 162 cm³/mol. The van der Waals surface area contributed by atoms with Crippen LogP contribution in [0.1, 0.15) is 35.6 Å². The van der Waals surface area contributed by atoms with Gasteiger partial charge in [-0.3, -0.25) is 4.79 Å². The molecule has 0 amide bonds. The largest absolute Gasteiger partial charge is 0.514 e. The Kier molecular flexibility index (Phi) is 9.66. The van der Waals surface area contributed by atoms with Crippen LogP contribution in [-0.4, -0.2) is 123 Å². The van der Waals surface area contributed by atoms with Gasteiger partial charge in [0.05, 0.1) is 46.1 Å². The average molecular weight is 707 g/mol. The zero-order valence-corrected chi connectivity index (χ0v) is 27.3. The molecule has 0 bridgehead atoms. The van der Waals surface area contributed by atoms with E-state index in [0.29, 0.717) is 28.2 Å². The summed E-state index contributed by atoms with van der Waals surface area (Å²) in [5.74, 6) is -1.76. The van der Waals surface area contributed by atoms with Crippen LogP contribution in [0, 0.1) is 11.8 Å². The Hall–Kier alpha value is -3.94. The standard InChI is InChI=1S/C33H38O17/c1-13-42-11-23-30(47-13)26(36)27(37)32(48-23)49-28-17-7-20-19(45-12-46-20)6-16(17)24(25-18(28)10-43-31(25)38)14-4-21(40-2)29(22(5-14)41-3)50-33(39)44-9-15(35)8-34/h4-7,13,15,18,23-28,30,32,34-37H,8-12H2,1-3H3/t13-,15?,18?,23?,24-,25+,26+,27-,28?,30?,32+/m1/s1. The molecule has 3 fully saturated rings. The van der Waals surface area contributed by atoms with Gasteiger partial charge in [0.15, 0.2) is 35.6 Å². The fourth-order valence-electron chi connectivity index (χ4n) is 7.15. The second-order valence-electron chi connectivity index (χ2n) is 12.5. The molecule has 17 heteroatoms. The van der Waals surface area contributed by atoms with Crippen molar-refractivity contribution in [3.05, 3.63) is 41.0 Å². The summed E-state index contributed by atoms with van der Waals surface area (Å²) in [6.45, 7) is 0.611. The maximum atomic E-state index is 13.6. The highest BCUT2D eigenvalue weighted by Crippen LogP contribution is 2.57. The molecule has 4 heterocycles. The van der Waals surface area contributed by atoms with Crippen molar-refractivity contribution >= 4 is 12.1 Å². The van der Waals surface area contributed by atoms with Gasteiger partial charge in [-0.05, 0) is 47.9 Å². The number of carbonyl (C=O) groups excluding carboxylic acids is 2. The molecule has 272 valence electrons. The van der Waals surface area contributed by atoms with E-state index in [-0.39, 0.29) is 37.3 Å². The Morgan fingerprint density at radius 3 is 2.34 bits per heavy atom. The van der Waals surface area contributed by atoms with Crippen LogP contribution in [0.2, 0.25) is 0 Å². The number of hydrogen-bond donors (Lipinski definition) is 4. The molecule has 4 aliphatic heterocycles. The Labute approximate surface area is 285 Å². The third kappa shape index (κ3) is 6.17. The van der Waals surface area contributed by atoms with E-state index in [2.05, 4.69) is 0 Å². The fourth-order valence-corrected chi connectivity index (χ4v) is 7.15. The maximum absolute atomic E-state index is 13.6. The molecule has 7 rings (SSSR count). The lowest BCUT2D eigenvalue weighted by Crippen LogP contribution is -2.63. The number of carbonyl (C=O) groups is 2. The van der Waals surface area contributed by atoms with Crippen LogP contribution in [0.3, 0.4) is 0 Å². The predicted octanol–water partition coefficient (Wildman–Crippen LogP) is 0.502. The minimum absolute atomic E-state index is 0.0271. The molecule has 5 aliphatic rings. The molecule has 4 N–H and O–H groups in total. The molecule has 0 aromatic heterocycles. The zero-order valence-electron chi connectivity index (χ0n) is 27.3. The number of cyclic esters (lactones) is 1. The molecule has 17 nitrogen and oxygen atoms in total. The summed E-state index contributed by atoms with van der Waals surface area (Å²) in [7, 11) is 2.71. The summed E-state index contributed by atoms with van der Waals surface area (Å²) in [5.41, 5.74) is 1.73. The lowest BCUT2D eigenvalue weighted by Gasteiger charge is -2.47. The number of hydrogen-bond acceptors (Lipinski definition) is 17. The number of ether oxygens (including phenoxy) is 11. The van der Waals surface area contributed by atoms with E-state index in [0.717, 1.165) is 0 Å². The van der Waals surface area contributed by atoms with Gasteiger partial charge in [-0.15, -0.1) is 0 Å². The van der Waals surface area contributed by atoms with E-state index >= 15 is 0 Å². The molecule has 11 atom stereocenters. The Morgan fingerprint density at radius 2 is 1.66 bits per heavy atom. The minimum atomic E-state index is -1.49. The smallest absolute Gasteiger partial charge is 0.493 e. The van der Waals surface area contributed by atoms with E-state index in [1.54, 1.807) is 31.2 Å². The molecule has 1 aliphatic carbocycles. The third-order valence-corrected chi connectivity index (χ3v) is 9.52. The Bertz CT molecular complexity index is 1570. The van der Waals surface area contributed by atoms with Crippen molar-refractivity contribution in [2.45, 2.75) is 62.0 Å². The van der Waals surface area contributed by atoms with E-state index in [1.165, 1.54) is 14.2 Å². The summed E-state index contributed by atoms with van der Waals surface area (Å²) in [6.07, 6.45) is -9.66. The number of fused-ring (bicyclic) bond motifs is 4. The van der Waals surface area contributed by atoms with Crippen LogP contribution in [0.25, 0.3) is 0 Å². The number of methoxy groups -OCH3 is 2. The highest BCUT2D eigenvalue weighted by atomic mass is 16.8. The van der Waals surface area contributed by atoms with E-state index < -0.39 is 92.3 Å². The number of benzene rings is 2. The van der Waals surface area contributed by atoms with Gasteiger partial charge in [0.1, 0.15) is 37.1 Å². The van der Waals surface area contributed by atoms with Gasteiger partial charge in [-0.1, -0.05) is 0 Å². The SMILES string of the molecule is COc1cc([C@@H]2c3cc4c(cc3C(O[C@@H]3OC5CO[C@@H](C)OC5[C@@H](O)[C@H]3O)C3COC(=O)[C@@H]32)OCO4)cc(OC)c1OC(=O)OCC(O)CO. The topological polar surface area (TPSA) is 217 Å². The molecule has 0 spiro atoms. The summed E-state index contributed by atoms with van der Waals surface area (Å²) in [4.78, 5) is 26.1. The van der Waals surface area contributed by atoms with Crippen molar-refractivity contribution < 1.29 is 82.1 Å². The first-order valence-corrected chi connectivity index (χ1v) is 16.0. The molecule has 2 aromatic rings. The van der Waals surface area contributed by atoms with Gasteiger partial charge < -0.3 is 72.5 Å². The van der Waals surface area contributed by atoms with Crippen LogP contribution in [-0.2, 0) is 33.2 Å². The maximum Gasteiger partial charge on any atom is 0.514 e. The highest BCUT2D eigenvalue weighted by Gasteiger charge is 2.56. The second kappa shape index (κ2) is 14.0. The molecule has 3 saturated heterocycles. The first-order chi connectivity index (χ1) is 24.1. The van der Waals surface area contributed by atoms with Gasteiger partial charge in [-0.25, -0.2) is 4.79 Å². The first kappa shape index (κ1) is 34.5. The van der Waals surface area contributed by atoms with Crippen molar-refractivity contribution in [2.75, 3.05) is 47.4 Å². The van der Waals surface area contributed by atoms with E-state index in [9.17, 15) is 24.9 Å². The average Bonchev–Trinajstić information content (AvgIpc) is 3.74. The molecule has 0 radical (unpaired) electrons. The number of aliphatic hydroxyl groups excluding tert-OH is 4. The van der Waals surface area contributed by atoms with E-state index in [4.69, 9.17) is 57.2 Å². The van der Waals surface area contributed by atoms with Gasteiger partial charge in [0.25, 0.3) is 0 Å². The summed E-state index contributed by atoms with van der Waals surface area (Å²) in [5, 5.41) is 40.7. The quantitative estimate of drug-likeness (QED) is 0.206. The lowest BCUT2D eigenvalue weighted by molar-refractivity contribution is -0.364. The Balaban J connectivity index is 1.26. The zero-order chi connectivity index (χ0) is 35.3. The molecule has 5 unspecified atom stereocenters. The normalized spacial score (nSPS) is 33.0. The number of aliphatic hydroxyl groups is 4. The van der Waals surface area contributed by atoms with Crippen molar-refractivity contribution in [3.8, 4) is 28.7 Å². The van der Waals surface area contributed by atoms with Crippen LogP contribution in [0.4, 0.5) is 4.79 Å². The Morgan fingerprint density at radius 1 is 0.960 bits per heavy atom. The molecular weight excluding hydrogens is 668 g/mol. The van der Waals surface area contributed by atoms with E-state index in [1.807, 2.05) is 0 Å². The lowest BCUT2D eigenvalue weighted by atomic mass is 9.66. The van der Waals surface area contributed by atoms with Crippen LogP contribution >= 0.6 is 0 Å². The summed E-state index contributed by atoms with van der Waals surface area (Å²) < 4.78 is 62.3. The van der Waals surface area contributed by atoms with Crippen molar-refractivity contribution in [3.63, 3.8) is 0 Å². The van der Waals surface area contributed by atoms with Crippen LogP contribution in [0.5, 0.6) is 28.7 Å². The number of rotatable bonds is 9. The van der Waals surface area contributed by atoms with Gasteiger partial charge in [0, 0.05) is 11.8 Å². The summed E-state index contributed by atoms with van der Waals surface area (Å²) in [6, 6.07) is 6.68. The molecule has 50 heavy (non-hydrogen) atoms. The van der Waals surface area contributed by atoms with Crippen LogP contribution in [0.15, 0.2) is 24.3 Å². The third-order valence-electron chi connectivity index (χ3n) is 9.52. The van der Waals surface area contributed by atoms with Crippen molar-refractivity contribution in [1.82, 2.24) is 0 Å². The van der Waals surface area contributed by atoms with Crippen molar-refractivity contribution in [2.24, 2.45) is 11.8 Å². The second-order valence-corrected chi connectivity index (χ2v) is 12.5. The first-order valence-electron chi connectivity index (χ1n) is 16.0. The monoisotopic (exact) mass is 706 g/mol. The molecule has 0 saturated carbocycles. The minimum Gasteiger partial charge on any atom is -0.493 e.